The van der Waals surface area contributed by atoms with Crippen LogP contribution in [0, 0.1) is 5.92 Å². The van der Waals surface area contributed by atoms with Gasteiger partial charge in [0.1, 0.15) is 0 Å². The minimum Gasteiger partial charge on any atom is -0.372 e. The summed E-state index contributed by atoms with van der Waals surface area (Å²) in [5.74, 6) is 0.902. The molecule has 2 aliphatic carbocycles. The zero-order valence-corrected chi connectivity index (χ0v) is 7.46. The van der Waals surface area contributed by atoms with Crippen molar-refractivity contribution in [1.29, 1.82) is 0 Å². The summed E-state index contributed by atoms with van der Waals surface area (Å²) in [5.41, 5.74) is 0. The van der Waals surface area contributed by atoms with E-state index in [1.807, 2.05) is 0 Å². The molecular formula is C10H17NO. The normalized spacial score (nSPS) is 47.5. The molecule has 1 aliphatic heterocycles. The highest BCUT2D eigenvalue weighted by Crippen LogP contribution is 2.38. The van der Waals surface area contributed by atoms with Crippen molar-refractivity contribution >= 4 is 0 Å². The second kappa shape index (κ2) is 2.71. The van der Waals surface area contributed by atoms with Crippen molar-refractivity contribution in [3.63, 3.8) is 0 Å². The van der Waals surface area contributed by atoms with E-state index in [1.54, 1.807) is 0 Å². The number of hydrogen-bond donors (Lipinski definition) is 1. The van der Waals surface area contributed by atoms with Gasteiger partial charge in [0.2, 0.25) is 0 Å². The molecule has 3 aliphatic rings. The second-order valence-corrected chi connectivity index (χ2v) is 4.50. The third-order valence-electron chi connectivity index (χ3n) is 3.53. The van der Waals surface area contributed by atoms with E-state index in [4.69, 9.17) is 4.74 Å². The van der Waals surface area contributed by atoms with E-state index in [-0.39, 0.29) is 0 Å². The molecule has 1 heterocycles. The molecule has 0 aromatic carbocycles. The Balaban J connectivity index is 1.64. The highest BCUT2D eigenvalue weighted by Gasteiger charge is 2.40. The molecule has 2 heteroatoms. The van der Waals surface area contributed by atoms with E-state index < -0.39 is 0 Å². The molecular weight excluding hydrogens is 150 g/mol. The van der Waals surface area contributed by atoms with Gasteiger partial charge in [-0.05, 0) is 38.0 Å². The van der Waals surface area contributed by atoms with E-state index in [0.717, 1.165) is 12.5 Å². The molecule has 0 radical (unpaired) electrons. The molecule has 12 heavy (non-hydrogen) atoms. The Hall–Kier alpha value is -0.0800. The highest BCUT2D eigenvalue weighted by atomic mass is 16.5. The van der Waals surface area contributed by atoms with Crippen molar-refractivity contribution in [1.82, 2.24) is 5.32 Å². The smallest absolute Gasteiger partial charge is 0.0732 e. The maximum atomic E-state index is 6.07. The number of rotatable bonds is 1. The van der Waals surface area contributed by atoms with Gasteiger partial charge in [-0.15, -0.1) is 0 Å². The number of nitrogens with one attached hydrogen (secondary N) is 1. The Kier molecular flexibility index (Phi) is 1.66. The molecule has 3 unspecified atom stereocenters. The fourth-order valence-corrected chi connectivity index (χ4v) is 2.61. The van der Waals surface area contributed by atoms with Gasteiger partial charge in [-0.1, -0.05) is 0 Å². The lowest BCUT2D eigenvalue weighted by molar-refractivity contribution is -0.0606. The molecule has 2 saturated carbocycles. The van der Waals surface area contributed by atoms with Crippen LogP contribution in [0.4, 0.5) is 0 Å². The average Bonchev–Trinajstić information content (AvgIpc) is 2.84. The lowest BCUT2D eigenvalue weighted by atomic mass is 10.1. The van der Waals surface area contributed by atoms with Gasteiger partial charge in [-0.3, -0.25) is 0 Å². The molecule has 1 saturated heterocycles. The first-order valence-corrected chi connectivity index (χ1v) is 5.32. The zero-order chi connectivity index (χ0) is 7.97. The lowest BCUT2D eigenvalue weighted by Gasteiger charge is -2.33. The molecule has 3 fully saturated rings. The average molecular weight is 167 g/mol. The SMILES string of the molecule is C1CC2NCC(C3CC3)OC2C1. The number of morpholine rings is 1. The molecule has 0 aromatic heterocycles. The maximum absolute atomic E-state index is 6.07. The summed E-state index contributed by atoms with van der Waals surface area (Å²) in [4.78, 5) is 0. The Bertz CT molecular complexity index is 179. The van der Waals surface area contributed by atoms with E-state index in [0.29, 0.717) is 18.2 Å². The Labute approximate surface area is 73.7 Å². The minimum absolute atomic E-state index is 0.560. The predicted octanol–water partition coefficient (Wildman–Crippen LogP) is 1.31. The molecule has 0 amide bonds. The number of fused-ring (bicyclic) bond motifs is 1. The van der Waals surface area contributed by atoms with Gasteiger partial charge in [-0.25, -0.2) is 0 Å². The summed E-state index contributed by atoms with van der Waals surface area (Å²) in [7, 11) is 0. The van der Waals surface area contributed by atoms with Crippen LogP contribution in [0.5, 0.6) is 0 Å². The molecule has 0 spiro atoms. The van der Waals surface area contributed by atoms with Crippen LogP contribution in [-0.4, -0.2) is 24.8 Å². The number of hydrogen-bond acceptors (Lipinski definition) is 2. The van der Waals surface area contributed by atoms with Gasteiger partial charge >= 0.3 is 0 Å². The van der Waals surface area contributed by atoms with E-state index in [1.165, 1.54) is 32.1 Å². The summed E-state index contributed by atoms with van der Waals surface area (Å²) in [6.45, 7) is 1.12. The van der Waals surface area contributed by atoms with Crippen LogP contribution in [-0.2, 0) is 4.74 Å². The van der Waals surface area contributed by atoms with Crippen LogP contribution >= 0.6 is 0 Å². The highest BCUT2D eigenvalue weighted by molar-refractivity contribution is 4.94. The van der Waals surface area contributed by atoms with Crippen LogP contribution in [0.15, 0.2) is 0 Å². The lowest BCUT2D eigenvalue weighted by Crippen LogP contribution is -2.50. The molecule has 3 rings (SSSR count). The van der Waals surface area contributed by atoms with Gasteiger partial charge in [0, 0.05) is 12.6 Å². The zero-order valence-electron chi connectivity index (χ0n) is 7.46. The van der Waals surface area contributed by atoms with Crippen LogP contribution in [0.3, 0.4) is 0 Å². The van der Waals surface area contributed by atoms with Crippen molar-refractivity contribution in [2.45, 2.75) is 50.4 Å². The van der Waals surface area contributed by atoms with Gasteiger partial charge < -0.3 is 10.1 Å². The van der Waals surface area contributed by atoms with E-state index in [2.05, 4.69) is 5.32 Å². The fraction of sp³-hybridized carbons (Fsp3) is 1.00. The molecule has 68 valence electrons. The van der Waals surface area contributed by atoms with Crippen LogP contribution in [0.2, 0.25) is 0 Å². The van der Waals surface area contributed by atoms with Crippen molar-refractivity contribution < 1.29 is 4.74 Å². The summed E-state index contributed by atoms with van der Waals surface area (Å²) >= 11 is 0. The van der Waals surface area contributed by atoms with Crippen LogP contribution < -0.4 is 5.32 Å². The summed E-state index contributed by atoms with van der Waals surface area (Å²) in [6.07, 6.45) is 7.92. The monoisotopic (exact) mass is 167 g/mol. The van der Waals surface area contributed by atoms with Crippen molar-refractivity contribution in [2.75, 3.05) is 6.54 Å². The Morgan fingerprint density at radius 2 is 1.92 bits per heavy atom. The Morgan fingerprint density at radius 3 is 2.75 bits per heavy atom. The van der Waals surface area contributed by atoms with E-state index >= 15 is 0 Å². The topological polar surface area (TPSA) is 21.3 Å². The third kappa shape index (κ3) is 1.17. The summed E-state index contributed by atoms with van der Waals surface area (Å²) in [6, 6.07) is 0.694. The first kappa shape index (κ1) is 7.34. The van der Waals surface area contributed by atoms with Gasteiger partial charge in [0.05, 0.1) is 12.2 Å². The molecule has 2 nitrogen and oxygen atoms in total. The standard InChI is InChI=1S/C10H17NO/c1-2-8-9(3-1)12-10(6-11-8)7-4-5-7/h7-11H,1-6H2. The predicted molar refractivity (Wildman–Crippen MR) is 47.0 cm³/mol. The third-order valence-corrected chi connectivity index (χ3v) is 3.53. The quantitative estimate of drug-likeness (QED) is 0.635. The van der Waals surface area contributed by atoms with Crippen LogP contribution in [0.1, 0.15) is 32.1 Å². The molecule has 0 bridgehead atoms. The summed E-state index contributed by atoms with van der Waals surface area (Å²) in [5, 5.41) is 3.63. The summed E-state index contributed by atoms with van der Waals surface area (Å²) < 4.78 is 6.07. The molecule has 0 aromatic rings. The Morgan fingerprint density at radius 1 is 1.00 bits per heavy atom. The van der Waals surface area contributed by atoms with Crippen molar-refractivity contribution in [2.24, 2.45) is 5.92 Å². The maximum Gasteiger partial charge on any atom is 0.0732 e. The molecule has 3 atom stereocenters. The van der Waals surface area contributed by atoms with Crippen molar-refractivity contribution in [3.05, 3.63) is 0 Å². The van der Waals surface area contributed by atoms with Crippen molar-refractivity contribution in [3.8, 4) is 0 Å². The fourth-order valence-electron chi connectivity index (χ4n) is 2.61. The second-order valence-electron chi connectivity index (χ2n) is 4.50. The van der Waals surface area contributed by atoms with E-state index in [9.17, 15) is 0 Å². The van der Waals surface area contributed by atoms with Gasteiger partial charge in [-0.2, -0.15) is 0 Å². The largest absolute Gasteiger partial charge is 0.372 e. The first-order valence-electron chi connectivity index (χ1n) is 5.32. The first-order chi connectivity index (χ1) is 5.93. The van der Waals surface area contributed by atoms with Gasteiger partial charge in [0.15, 0.2) is 0 Å². The minimum atomic E-state index is 0.560. The van der Waals surface area contributed by atoms with Crippen LogP contribution in [0.25, 0.3) is 0 Å². The number of ether oxygens (including phenoxy) is 1. The van der Waals surface area contributed by atoms with Gasteiger partial charge in [0.25, 0.3) is 0 Å². The molecule has 1 N–H and O–H groups in total.